The molecule has 2 aromatic carbocycles. The molecule has 2 amide bonds. The number of hydrogen-bond acceptors (Lipinski definition) is 1. The standard InChI is InChI=1S/C18H19ClN2O/c1-14-5-7-15(8-6-14)9-11-20-18(22)21-12-10-16-3-2-4-17(19)13-16/h2-8,10,12-13H,9,11H2,1H3,(H2,20,21,22)/b12-10+. The van der Waals surface area contributed by atoms with Crippen molar-refractivity contribution in [3.8, 4) is 0 Å². The summed E-state index contributed by atoms with van der Waals surface area (Å²) in [6.07, 6.45) is 4.21. The summed E-state index contributed by atoms with van der Waals surface area (Å²) in [5.41, 5.74) is 3.38. The minimum atomic E-state index is -0.217. The molecule has 0 bridgehead atoms. The Morgan fingerprint density at radius 2 is 1.95 bits per heavy atom. The Balaban J connectivity index is 1.70. The van der Waals surface area contributed by atoms with Crippen LogP contribution >= 0.6 is 11.6 Å². The van der Waals surface area contributed by atoms with E-state index >= 15 is 0 Å². The summed E-state index contributed by atoms with van der Waals surface area (Å²) in [6, 6.07) is 15.5. The lowest BCUT2D eigenvalue weighted by Gasteiger charge is -2.05. The topological polar surface area (TPSA) is 41.1 Å². The van der Waals surface area contributed by atoms with Crippen LogP contribution in [0.5, 0.6) is 0 Å². The molecule has 0 aliphatic carbocycles. The number of urea groups is 1. The van der Waals surface area contributed by atoms with Gasteiger partial charge in [0.15, 0.2) is 0 Å². The molecule has 0 aromatic heterocycles. The van der Waals surface area contributed by atoms with Crippen LogP contribution in [0.2, 0.25) is 5.02 Å². The molecule has 2 N–H and O–H groups in total. The molecule has 0 aliphatic rings. The summed E-state index contributed by atoms with van der Waals surface area (Å²) in [6.45, 7) is 2.65. The maximum atomic E-state index is 11.6. The smallest absolute Gasteiger partial charge is 0.318 e. The summed E-state index contributed by atoms with van der Waals surface area (Å²) in [7, 11) is 0. The lowest BCUT2D eigenvalue weighted by molar-refractivity contribution is 0.244. The largest absolute Gasteiger partial charge is 0.338 e. The van der Waals surface area contributed by atoms with Gasteiger partial charge in [0.25, 0.3) is 0 Å². The normalized spacial score (nSPS) is 10.6. The maximum Gasteiger partial charge on any atom is 0.318 e. The molecule has 0 atom stereocenters. The van der Waals surface area contributed by atoms with E-state index < -0.39 is 0 Å². The van der Waals surface area contributed by atoms with E-state index in [4.69, 9.17) is 11.6 Å². The summed E-state index contributed by atoms with van der Waals surface area (Å²) in [4.78, 5) is 11.6. The summed E-state index contributed by atoms with van der Waals surface area (Å²) in [5, 5.41) is 6.16. The molecular formula is C18H19ClN2O. The number of aryl methyl sites for hydroxylation is 1. The van der Waals surface area contributed by atoms with Gasteiger partial charge in [-0.2, -0.15) is 0 Å². The van der Waals surface area contributed by atoms with E-state index in [1.807, 2.05) is 24.3 Å². The fourth-order valence-corrected chi connectivity index (χ4v) is 2.15. The number of halogens is 1. The lowest BCUT2D eigenvalue weighted by atomic mass is 10.1. The van der Waals surface area contributed by atoms with Crippen LogP contribution in [0.15, 0.2) is 54.7 Å². The van der Waals surface area contributed by atoms with Gasteiger partial charge in [0.2, 0.25) is 0 Å². The van der Waals surface area contributed by atoms with Crippen LogP contribution in [0.1, 0.15) is 16.7 Å². The van der Waals surface area contributed by atoms with Crippen molar-refractivity contribution in [2.24, 2.45) is 0 Å². The van der Waals surface area contributed by atoms with Gasteiger partial charge < -0.3 is 10.6 Å². The Kier molecular flexibility index (Phi) is 6.04. The fourth-order valence-electron chi connectivity index (χ4n) is 1.95. The zero-order chi connectivity index (χ0) is 15.8. The van der Waals surface area contributed by atoms with Gasteiger partial charge in [0.05, 0.1) is 0 Å². The Morgan fingerprint density at radius 1 is 1.18 bits per heavy atom. The van der Waals surface area contributed by atoms with E-state index in [1.54, 1.807) is 12.3 Å². The summed E-state index contributed by atoms with van der Waals surface area (Å²) < 4.78 is 0. The highest BCUT2D eigenvalue weighted by Gasteiger charge is 1.97. The van der Waals surface area contributed by atoms with Crippen LogP contribution in [0, 0.1) is 6.92 Å². The van der Waals surface area contributed by atoms with Gasteiger partial charge in [-0.25, -0.2) is 4.79 Å². The molecule has 0 saturated carbocycles. The second kappa shape index (κ2) is 8.25. The molecule has 2 rings (SSSR count). The molecule has 114 valence electrons. The number of rotatable bonds is 5. The van der Waals surface area contributed by atoms with Gasteiger partial charge in [0, 0.05) is 17.8 Å². The van der Waals surface area contributed by atoms with E-state index in [0.717, 1.165) is 12.0 Å². The molecule has 0 saturated heterocycles. The molecule has 2 aromatic rings. The van der Waals surface area contributed by atoms with Crippen molar-refractivity contribution >= 4 is 23.7 Å². The predicted molar refractivity (Wildman–Crippen MR) is 91.9 cm³/mol. The number of carbonyl (C=O) groups is 1. The van der Waals surface area contributed by atoms with Crippen LogP contribution in [0.4, 0.5) is 4.79 Å². The molecule has 4 heteroatoms. The van der Waals surface area contributed by atoms with E-state index in [1.165, 1.54) is 11.1 Å². The summed E-state index contributed by atoms with van der Waals surface area (Å²) in [5.74, 6) is 0. The van der Waals surface area contributed by atoms with Gasteiger partial charge in [-0.15, -0.1) is 0 Å². The minimum absolute atomic E-state index is 0.217. The maximum absolute atomic E-state index is 11.6. The zero-order valence-electron chi connectivity index (χ0n) is 12.5. The molecule has 22 heavy (non-hydrogen) atoms. The SMILES string of the molecule is Cc1ccc(CCNC(=O)N/C=C/c2cccc(Cl)c2)cc1. The highest BCUT2D eigenvalue weighted by atomic mass is 35.5. The first-order chi connectivity index (χ1) is 10.6. The van der Waals surface area contributed by atoms with Crippen molar-refractivity contribution in [2.45, 2.75) is 13.3 Å². The molecule has 0 fully saturated rings. The first-order valence-corrected chi connectivity index (χ1v) is 7.53. The van der Waals surface area contributed by atoms with Gasteiger partial charge in [-0.05, 0) is 42.7 Å². The van der Waals surface area contributed by atoms with E-state index in [0.29, 0.717) is 11.6 Å². The highest BCUT2D eigenvalue weighted by molar-refractivity contribution is 6.30. The number of amides is 2. The quantitative estimate of drug-likeness (QED) is 0.854. The van der Waals surface area contributed by atoms with E-state index in [-0.39, 0.29) is 6.03 Å². The summed E-state index contributed by atoms with van der Waals surface area (Å²) >= 11 is 5.89. The average Bonchev–Trinajstić information content (AvgIpc) is 2.49. The van der Waals surface area contributed by atoms with Crippen molar-refractivity contribution in [2.75, 3.05) is 6.54 Å². The number of nitrogens with one attached hydrogen (secondary N) is 2. The molecule has 3 nitrogen and oxygen atoms in total. The Bertz CT molecular complexity index is 650. The molecular weight excluding hydrogens is 296 g/mol. The van der Waals surface area contributed by atoms with Crippen molar-refractivity contribution < 1.29 is 4.79 Å². The number of benzene rings is 2. The van der Waals surface area contributed by atoms with E-state index in [2.05, 4.69) is 41.8 Å². The third-order valence-corrected chi connectivity index (χ3v) is 3.39. The van der Waals surface area contributed by atoms with Gasteiger partial charge in [0.1, 0.15) is 0 Å². The first kappa shape index (κ1) is 16.1. The van der Waals surface area contributed by atoms with Crippen LogP contribution in [-0.4, -0.2) is 12.6 Å². The predicted octanol–water partition coefficient (Wildman–Crippen LogP) is 4.16. The van der Waals surface area contributed by atoms with E-state index in [9.17, 15) is 4.79 Å². The van der Waals surface area contributed by atoms with Gasteiger partial charge in [-0.1, -0.05) is 53.6 Å². The van der Waals surface area contributed by atoms with Crippen LogP contribution in [0.3, 0.4) is 0 Å². The highest BCUT2D eigenvalue weighted by Crippen LogP contribution is 2.11. The number of carbonyl (C=O) groups excluding carboxylic acids is 1. The second-order valence-electron chi connectivity index (χ2n) is 5.02. The van der Waals surface area contributed by atoms with Crippen molar-refractivity contribution in [3.63, 3.8) is 0 Å². The zero-order valence-corrected chi connectivity index (χ0v) is 13.2. The first-order valence-electron chi connectivity index (χ1n) is 7.15. The Labute approximate surface area is 136 Å². The molecule has 0 aliphatic heterocycles. The van der Waals surface area contributed by atoms with Gasteiger partial charge >= 0.3 is 6.03 Å². The van der Waals surface area contributed by atoms with Crippen LogP contribution in [-0.2, 0) is 6.42 Å². The Morgan fingerprint density at radius 3 is 2.68 bits per heavy atom. The third-order valence-electron chi connectivity index (χ3n) is 3.16. The van der Waals surface area contributed by atoms with Crippen molar-refractivity contribution in [1.29, 1.82) is 0 Å². The van der Waals surface area contributed by atoms with Crippen LogP contribution < -0.4 is 10.6 Å². The lowest BCUT2D eigenvalue weighted by Crippen LogP contribution is -2.33. The number of hydrogen-bond donors (Lipinski definition) is 2. The monoisotopic (exact) mass is 314 g/mol. The fraction of sp³-hybridized carbons (Fsp3) is 0.167. The van der Waals surface area contributed by atoms with Crippen molar-refractivity contribution in [3.05, 3.63) is 76.4 Å². The minimum Gasteiger partial charge on any atom is -0.338 e. The average molecular weight is 315 g/mol. The molecule has 0 spiro atoms. The Hall–Kier alpha value is -2.26. The van der Waals surface area contributed by atoms with Crippen molar-refractivity contribution in [1.82, 2.24) is 10.6 Å². The molecule has 0 heterocycles. The second-order valence-corrected chi connectivity index (χ2v) is 5.46. The van der Waals surface area contributed by atoms with Gasteiger partial charge in [-0.3, -0.25) is 0 Å². The third kappa shape index (κ3) is 5.62. The van der Waals surface area contributed by atoms with Crippen LogP contribution in [0.25, 0.3) is 6.08 Å². The molecule has 0 radical (unpaired) electrons. The molecule has 0 unspecified atom stereocenters.